The van der Waals surface area contributed by atoms with Crippen molar-refractivity contribution in [1.82, 2.24) is 4.98 Å². The van der Waals surface area contributed by atoms with Crippen molar-refractivity contribution in [2.45, 2.75) is 38.9 Å². The Morgan fingerprint density at radius 1 is 0.957 bits per heavy atom. The van der Waals surface area contributed by atoms with Crippen LogP contribution in [0, 0.1) is 0 Å². The minimum absolute atomic E-state index is 0.383. The van der Waals surface area contributed by atoms with E-state index in [1.807, 2.05) is 64.1 Å². The highest BCUT2D eigenvalue weighted by Gasteiger charge is 2.52. The number of hydrogen-bond donors (Lipinski definition) is 0. The summed E-state index contributed by atoms with van der Waals surface area (Å²) in [6.07, 6.45) is 1.77. The van der Waals surface area contributed by atoms with E-state index in [-0.39, 0.29) is 11.2 Å². The molecule has 23 heavy (non-hydrogen) atoms. The summed E-state index contributed by atoms with van der Waals surface area (Å²) < 4.78 is 17.8. The van der Waals surface area contributed by atoms with E-state index in [4.69, 9.17) is 14.0 Å². The van der Waals surface area contributed by atoms with Crippen molar-refractivity contribution in [1.29, 1.82) is 0 Å². The van der Waals surface area contributed by atoms with Gasteiger partial charge in [-0.1, -0.05) is 18.2 Å². The van der Waals surface area contributed by atoms with Crippen molar-refractivity contribution >= 4 is 12.6 Å². The second kappa shape index (κ2) is 5.66. The Hall–Kier alpha value is -1.85. The van der Waals surface area contributed by atoms with Crippen LogP contribution < -0.4 is 10.2 Å². The van der Waals surface area contributed by atoms with Gasteiger partial charge in [0.1, 0.15) is 5.75 Å². The molecular formula is C18H22BNO3. The molecule has 2 heterocycles. The molecule has 2 aromatic rings. The molecule has 1 saturated heterocycles. The largest absolute Gasteiger partial charge is 0.497 e. The first-order valence-electron chi connectivity index (χ1n) is 7.80. The average Bonchev–Trinajstić information content (AvgIpc) is 2.75. The molecule has 0 unspecified atom stereocenters. The number of methoxy groups -OCH3 is 1. The van der Waals surface area contributed by atoms with Gasteiger partial charge in [0.05, 0.1) is 24.0 Å². The van der Waals surface area contributed by atoms with Crippen LogP contribution in [0.25, 0.3) is 11.3 Å². The number of nitrogens with zero attached hydrogens (tertiary/aromatic N) is 1. The molecule has 1 fully saturated rings. The first kappa shape index (κ1) is 16.0. The van der Waals surface area contributed by atoms with Gasteiger partial charge in [-0.05, 0) is 45.9 Å². The normalized spacial score (nSPS) is 18.9. The molecule has 4 nitrogen and oxygen atoms in total. The van der Waals surface area contributed by atoms with Crippen molar-refractivity contribution in [3.63, 3.8) is 0 Å². The van der Waals surface area contributed by atoms with Crippen LogP contribution in [0.4, 0.5) is 0 Å². The number of ether oxygens (including phenoxy) is 1. The maximum atomic E-state index is 6.18. The van der Waals surface area contributed by atoms with Crippen LogP contribution in [0.2, 0.25) is 0 Å². The zero-order chi connectivity index (χ0) is 16.7. The predicted molar refractivity (Wildman–Crippen MR) is 91.9 cm³/mol. The molecule has 0 saturated carbocycles. The summed E-state index contributed by atoms with van der Waals surface area (Å²) in [5, 5.41) is 0. The zero-order valence-electron chi connectivity index (χ0n) is 14.3. The van der Waals surface area contributed by atoms with Crippen LogP contribution in [0.3, 0.4) is 0 Å². The van der Waals surface area contributed by atoms with E-state index in [9.17, 15) is 0 Å². The van der Waals surface area contributed by atoms with Gasteiger partial charge in [0.15, 0.2) is 0 Å². The van der Waals surface area contributed by atoms with Gasteiger partial charge < -0.3 is 14.0 Å². The van der Waals surface area contributed by atoms with Crippen LogP contribution in [-0.4, -0.2) is 30.4 Å². The maximum absolute atomic E-state index is 6.18. The van der Waals surface area contributed by atoms with E-state index in [0.717, 1.165) is 22.5 Å². The number of benzene rings is 1. The summed E-state index contributed by atoms with van der Waals surface area (Å²) in [5.41, 5.74) is 1.90. The van der Waals surface area contributed by atoms with Gasteiger partial charge in [-0.3, -0.25) is 4.98 Å². The van der Waals surface area contributed by atoms with Crippen LogP contribution in [-0.2, 0) is 9.31 Å². The number of para-hydroxylation sites is 1. The van der Waals surface area contributed by atoms with E-state index in [1.165, 1.54) is 0 Å². The highest BCUT2D eigenvalue weighted by atomic mass is 16.7. The molecule has 0 radical (unpaired) electrons. The summed E-state index contributed by atoms with van der Waals surface area (Å²) in [4.78, 5) is 4.56. The summed E-state index contributed by atoms with van der Waals surface area (Å²) >= 11 is 0. The molecular weight excluding hydrogens is 289 g/mol. The van der Waals surface area contributed by atoms with Crippen LogP contribution in [0.15, 0.2) is 42.6 Å². The standard InChI is InChI=1S/C18H22BNO3/c1-17(2)18(3,4)23-19(22-17)14-10-8-12-20-16(14)13-9-6-7-11-15(13)21-5/h6-12H,1-5H3. The minimum Gasteiger partial charge on any atom is -0.496 e. The summed E-state index contributed by atoms with van der Waals surface area (Å²) in [6.45, 7) is 8.19. The Bertz CT molecular complexity index is 699. The first-order valence-corrected chi connectivity index (χ1v) is 7.80. The van der Waals surface area contributed by atoms with Crippen LogP contribution in [0.1, 0.15) is 27.7 Å². The van der Waals surface area contributed by atoms with Gasteiger partial charge in [0.25, 0.3) is 0 Å². The molecule has 1 aromatic carbocycles. The van der Waals surface area contributed by atoms with E-state index in [0.29, 0.717) is 0 Å². The zero-order valence-corrected chi connectivity index (χ0v) is 14.3. The smallest absolute Gasteiger partial charge is 0.496 e. The average molecular weight is 311 g/mol. The lowest BCUT2D eigenvalue weighted by molar-refractivity contribution is 0.00578. The number of hydrogen-bond acceptors (Lipinski definition) is 4. The van der Waals surface area contributed by atoms with Crippen LogP contribution >= 0.6 is 0 Å². The fourth-order valence-electron chi connectivity index (χ4n) is 2.64. The Morgan fingerprint density at radius 3 is 2.26 bits per heavy atom. The second-order valence-electron chi connectivity index (χ2n) is 6.73. The second-order valence-corrected chi connectivity index (χ2v) is 6.73. The van der Waals surface area contributed by atoms with Gasteiger partial charge in [0.2, 0.25) is 0 Å². The van der Waals surface area contributed by atoms with Gasteiger partial charge in [-0.2, -0.15) is 0 Å². The SMILES string of the molecule is COc1ccccc1-c1ncccc1B1OC(C)(C)C(C)(C)O1. The molecule has 0 N–H and O–H groups in total. The Labute approximate surface area is 137 Å². The van der Waals surface area contributed by atoms with Crippen molar-refractivity contribution in [3.8, 4) is 17.0 Å². The van der Waals surface area contributed by atoms with Crippen molar-refractivity contribution in [2.75, 3.05) is 7.11 Å². The molecule has 1 aromatic heterocycles. The number of pyridine rings is 1. The quantitative estimate of drug-likeness (QED) is 0.817. The van der Waals surface area contributed by atoms with Crippen molar-refractivity contribution in [2.24, 2.45) is 0 Å². The molecule has 0 spiro atoms. The van der Waals surface area contributed by atoms with Crippen molar-refractivity contribution in [3.05, 3.63) is 42.6 Å². The molecule has 1 aliphatic heterocycles. The summed E-state index contributed by atoms with van der Waals surface area (Å²) in [5.74, 6) is 0.781. The summed E-state index contributed by atoms with van der Waals surface area (Å²) in [6, 6.07) is 11.7. The third-order valence-corrected chi connectivity index (χ3v) is 4.71. The van der Waals surface area contributed by atoms with Gasteiger partial charge in [0, 0.05) is 17.2 Å². The highest BCUT2D eigenvalue weighted by Crippen LogP contribution is 2.37. The Morgan fingerprint density at radius 2 is 1.61 bits per heavy atom. The number of rotatable bonds is 3. The maximum Gasteiger partial charge on any atom is 0.497 e. The highest BCUT2D eigenvalue weighted by molar-refractivity contribution is 6.63. The van der Waals surface area contributed by atoms with E-state index in [1.54, 1.807) is 13.3 Å². The van der Waals surface area contributed by atoms with Gasteiger partial charge in [-0.15, -0.1) is 0 Å². The van der Waals surface area contributed by atoms with Gasteiger partial charge >= 0.3 is 7.12 Å². The fraction of sp³-hybridized carbons (Fsp3) is 0.389. The third-order valence-electron chi connectivity index (χ3n) is 4.71. The molecule has 120 valence electrons. The lowest BCUT2D eigenvalue weighted by atomic mass is 9.76. The lowest BCUT2D eigenvalue weighted by Crippen LogP contribution is -2.41. The van der Waals surface area contributed by atoms with E-state index >= 15 is 0 Å². The first-order chi connectivity index (χ1) is 10.9. The van der Waals surface area contributed by atoms with Crippen molar-refractivity contribution < 1.29 is 14.0 Å². The molecule has 5 heteroatoms. The molecule has 0 amide bonds. The Balaban J connectivity index is 2.07. The molecule has 1 aliphatic rings. The number of aromatic nitrogens is 1. The third kappa shape index (κ3) is 2.75. The predicted octanol–water partition coefficient (Wildman–Crippen LogP) is 3.06. The molecule has 0 bridgehead atoms. The van der Waals surface area contributed by atoms with Gasteiger partial charge in [-0.25, -0.2) is 0 Å². The molecule has 3 rings (SSSR count). The summed E-state index contributed by atoms with van der Waals surface area (Å²) in [7, 11) is 1.21. The van der Waals surface area contributed by atoms with Crippen LogP contribution in [0.5, 0.6) is 5.75 Å². The fourth-order valence-corrected chi connectivity index (χ4v) is 2.64. The topological polar surface area (TPSA) is 40.6 Å². The Kier molecular flexibility index (Phi) is 3.94. The lowest BCUT2D eigenvalue weighted by Gasteiger charge is -2.32. The monoisotopic (exact) mass is 311 g/mol. The van der Waals surface area contributed by atoms with E-state index in [2.05, 4.69) is 4.98 Å². The molecule has 0 aliphatic carbocycles. The minimum atomic E-state index is -0.450. The molecule has 0 atom stereocenters. The van der Waals surface area contributed by atoms with E-state index < -0.39 is 7.12 Å².